The van der Waals surface area contributed by atoms with E-state index in [0.717, 1.165) is 55.4 Å². The number of likely N-dealkylation sites (N-methyl/N-ethyl adjacent to an activating group) is 1. The summed E-state index contributed by atoms with van der Waals surface area (Å²) in [5.41, 5.74) is 5.17. The molecule has 7 heteroatoms. The van der Waals surface area contributed by atoms with Gasteiger partial charge in [0.25, 0.3) is 5.91 Å². The first kappa shape index (κ1) is 24.0. The molecule has 0 saturated carbocycles. The molecule has 1 amide bonds. The van der Waals surface area contributed by atoms with E-state index in [0.29, 0.717) is 30.8 Å². The first-order chi connectivity index (χ1) is 16.5. The Kier molecular flexibility index (Phi) is 7.63. The summed E-state index contributed by atoms with van der Waals surface area (Å²) in [4.78, 5) is 22.6. The molecule has 4 rings (SSSR count). The minimum absolute atomic E-state index is 0.133. The number of halogens is 1. The number of carbonyl (C=O) groups is 1. The summed E-state index contributed by atoms with van der Waals surface area (Å²) < 4.78 is 16.5. The number of hydrogen-bond acceptors (Lipinski definition) is 4. The third kappa shape index (κ3) is 5.14. The number of aromatic nitrogens is 2. The highest BCUT2D eigenvalue weighted by atomic mass is 19.1. The number of carbonyl (C=O) groups excluding carboxylic acids is 1. The van der Waals surface area contributed by atoms with Gasteiger partial charge in [0.15, 0.2) is 0 Å². The van der Waals surface area contributed by atoms with E-state index in [4.69, 9.17) is 0 Å². The van der Waals surface area contributed by atoms with Gasteiger partial charge >= 0.3 is 0 Å². The van der Waals surface area contributed by atoms with Crippen LogP contribution in [0.3, 0.4) is 0 Å². The number of benzene rings is 1. The zero-order valence-corrected chi connectivity index (χ0v) is 20.4. The molecular formula is C27H34FN5O. The number of nitrogens with one attached hydrogen (secondary N) is 1. The van der Waals surface area contributed by atoms with E-state index < -0.39 is 0 Å². The SMILES string of the molecule is CCN1CCN(c2c(C)c(C(=O)NCCc3ccccn3)n(Cc3ccccc3F)c2C)CC1. The lowest BCUT2D eigenvalue weighted by atomic mass is 10.1. The Hall–Kier alpha value is -3.19. The maximum atomic E-state index is 14.5. The molecule has 2 aromatic heterocycles. The Bertz CT molecular complexity index is 1120. The van der Waals surface area contributed by atoms with Gasteiger partial charge in [0.05, 0.1) is 12.2 Å². The summed E-state index contributed by atoms with van der Waals surface area (Å²) in [5.74, 6) is -0.390. The largest absolute Gasteiger partial charge is 0.367 e. The molecule has 6 nitrogen and oxygen atoms in total. The molecule has 1 saturated heterocycles. The number of nitrogens with zero attached hydrogens (tertiary/aromatic N) is 4. The highest BCUT2D eigenvalue weighted by molar-refractivity contribution is 5.96. The third-order valence-corrected chi connectivity index (χ3v) is 6.76. The van der Waals surface area contributed by atoms with Crippen LogP contribution in [0.25, 0.3) is 0 Å². The van der Waals surface area contributed by atoms with Gasteiger partial charge in [-0.2, -0.15) is 0 Å². The molecule has 0 bridgehead atoms. The first-order valence-corrected chi connectivity index (χ1v) is 12.1. The van der Waals surface area contributed by atoms with Crippen molar-refractivity contribution < 1.29 is 9.18 Å². The minimum atomic E-state index is -0.257. The van der Waals surface area contributed by atoms with E-state index in [-0.39, 0.29) is 11.7 Å². The molecule has 34 heavy (non-hydrogen) atoms. The molecule has 0 unspecified atom stereocenters. The third-order valence-electron chi connectivity index (χ3n) is 6.76. The van der Waals surface area contributed by atoms with Crippen molar-refractivity contribution in [2.75, 3.05) is 44.2 Å². The molecule has 0 radical (unpaired) electrons. The number of rotatable bonds is 8. The van der Waals surface area contributed by atoms with Crippen LogP contribution in [0.4, 0.5) is 10.1 Å². The van der Waals surface area contributed by atoms with Crippen LogP contribution in [0.2, 0.25) is 0 Å². The lowest BCUT2D eigenvalue weighted by Crippen LogP contribution is -2.46. The van der Waals surface area contributed by atoms with Crippen molar-refractivity contribution in [3.05, 3.63) is 82.7 Å². The van der Waals surface area contributed by atoms with Gasteiger partial charge in [0, 0.05) is 67.9 Å². The molecule has 1 fully saturated rings. The minimum Gasteiger partial charge on any atom is -0.367 e. The number of hydrogen-bond donors (Lipinski definition) is 1. The number of piperazine rings is 1. The molecule has 1 aliphatic heterocycles. The highest BCUT2D eigenvalue weighted by Gasteiger charge is 2.28. The van der Waals surface area contributed by atoms with Crippen LogP contribution in [0, 0.1) is 19.7 Å². The Morgan fingerprint density at radius 3 is 2.47 bits per heavy atom. The second kappa shape index (κ2) is 10.8. The predicted molar refractivity (Wildman–Crippen MR) is 134 cm³/mol. The first-order valence-electron chi connectivity index (χ1n) is 12.1. The lowest BCUT2D eigenvalue weighted by Gasteiger charge is -2.36. The van der Waals surface area contributed by atoms with E-state index in [2.05, 4.69) is 27.0 Å². The van der Waals surface area contributed by atoms with Crippen molar-refractivity contribution in [1.29, 1.82) is 0 Å². The fourth-order valence-corrected chi connectivity index (χ4v) is 4.86. The van der Waals surface area contributed by atoms with E-state index in [9.17, 15) is 9.18 Å². The van der Waals surface area contributed by atoms with Gasteiger partial charge in [0.1, 0.15) is 11.5 Å². The van der Waals surface area contributed by atoms with Gasteiger partial charge in [-0.3, -0.25) is 9.78 Å². The van der Waals surface area contributed by atoms with Crippen molar-refractivity contribution in [3.63, 3.8) is 0 Å². The van der Waals surface area contributed by atoms with Crippen LogP contribution >= 0.6 is 0 Å². The number of amides is 1. The summed E-state index contributed by atoms with van der Waals surface area (Å²) in [6, 6.07) is 12.6. The van der Waals surface area contributed by atoms with E-state index >= 15 is 0 Å². The molecule has 1 aliphatic rings. The zero-order chi connectivity index (χ0) is 24.1. The van der Waals surface area contributed by atoms with Crippen molar-refractivity contribution in [3.8, 4) is 0 Å². The van der Waals surface area contributed by atoms with Crippen LogP contribution in [-0.4, -0.2) is 59.6 Å². The van der Waals surface area contributed by atoms with Gasteiger partial charge < -0.3 is 19.7 Å². The quantitative estimate of drug-likeness (QED) is 0.552. The maximum Gasteiger partial charge on any atom is 0.268 e. The summed E-state index contributed by atoms with van der Waals surface area (Å²) in [5, 5.41) is 3.07. The van der Waals surface area contributed by atoms with Crippen molar-refractivity contribution in [2.24, 2.45) is 0 Å². The molecule has 0 atom stereocenters. The molecule has 0 aliphatic carbocycles. The average molecular weight is 464 g/mol. The van der Waals surface area contributed by atoms with Crippen LogP contribution < -0.4 is 10.2 Å². The molecular weight excluding hydrogens is 429 g/mol. The summed E-state index contributed by atoms with van der Waals surface area (Å²) in [6.45, 7) is 11.9. The highest BCUT2D eigenvalue weighted by Crippen LogP contribution is 2.32. The Morgan fingerprint density at radius 1 is 1.06 bits per heavy atom. The molecule has 180 valence electrons. The summed E-state index contributed by atoms with van der Waals surface area (Å²) in [6.07, 6.45) is 2.42. The predicted octanol–water partition coefficient (Wildman–Crippen LogP) is 3.80. The van der Waals surface area contributed by atoms with Crippen LogP contribution in [0.1, 0.15) is 39.9 Å². The van der Waals surface area contributed by atoms with Gasteiger partial charge in [-0.05, 0) is 38.6 Å². The van der Waals surface area contributed by atoms with Gasteiger partial charge in [-0.1, -0.05) is 31.2 Å². The monoisotopic (exact) mass is 463 g/mol. The number of pyridine rings is 1. The lowest BCUT2D eigenvalue weighted by molar-refractivity contribution is 0.0944. The van der Waals surface area contributed by atoms with E-state index in [1.807, 2.05) is 42.7 Å². The zero-order valence-electron chi connectivity index (χ0n) is 20.4. The molecule has 1 aromatic carbocycles. The fraction of sp³-hybridized carbons (Fsp3) is 0.407. The fourth-order valence-electron chi connectivity index (χ4n) is 4.86. The van der Waals surface area contributed by atoms with Crippen molar-refractivity contribution >= 4 is 11.6 Å². The van der Waals surface area contributed by atoms with Crippen molar-refractivity contribution in [1.82, 2.24) is 19.8 Å². The standard InChI is InChI=1S/C27H34FN5O/c1-4-31-15-17-32(18-16-31)25-20(2)26(27(34)30-14-12-23-10-7-8-13-29-23)33(21(25)3)19-22-9-5-6-11-24(22)28/h5-11,13H,4,12,14-19H2,1-3H3,(H,30,34). The Morgan fingerprint density at radius 2 is 1.79 bits per heavy atom. The molecule has 1 N–H and O–H groups in total. The number of anilines is 1. The Balaban J connectivity index is 1.62. The normalized spacial score (nSPS) is 14.4. The summed E-state index contributed by atoms with van der Waals surface area (Å²) in [7, 11) is 0. The van der Waals surface area contributed by atoms with Gasteiger partial charge in [0.2, 0.25) is 0 Å². The average Bonchev–Trinajstić information content (AvgIpc) is 3.10. The Labute approximate surface area is 201 Å². The van der Waals surface area contributed by atoms with Crippen LogP contribution in [0.15, 0.2) is 48.7 Å². The maximum absolute atomic E-state index is 14.5. The van der Waals surface area contributed by atoms with Crippen LogP contribution in [0.5, 0.6) is 0 Å². The topological polar surface area (TPSA) is 53.4 Å². The molecule has 0 spiro atoms. The van der Waals surface area contributed by atoms with Gasteiger partial charge in [-0.15, -0.1) is 0 Å². The van der Waals surface area contributed by atoms with Crippen LogP contribution in [-0.2, 0) is 13.0 Å². The van der Waals surface area contributed by atoms with E-state index in [1.54, 1.807) is 18.3 Å². The van der Waals surface area contributed by atoms with Gasteiger partial charge in [-0.25, -0.2) is 4.39 Å². The molecule has 3 aromatic rings. The van der Waals surface area contributed by atoms with E-state index in [1.165, 1.54) is 6.07 Å². The second-order valence-electron chi connectivity index (χ2n) is 8.83. The second-order valence-corrected chi connectivity index (χ2v) is 8.83. The smallest absolute Gasteiger partial charge is 0.268 e. The molecule has 3 heterocycles. The van der Waals surface area contributed by atoms with Crippen molar-refractivity contribution in [2.45, 2.75) is 33.7 Å². The summed E-state index contributed by atoms with van der Waals surface area (Å²) >= 11 is 0.